The Hall–Kier alpha value is -1.59. The van der Waals surface area contributed by atoms with E-state index in [1.165, 1.54) is 27.9 Å². The molecule has 3 rings (SSSR count). The van der Waals surface area contributed by atoms with E-state index in [0.717, 1.165) is 0 Å². The molecule has 0 aliphatic heterocycles. The summed E-state index contributed by atoms with van der Waals surface area (Å²) in [5.74, 6) is 0. The second-order valence-electron chi connectivity index (χ2n) is 7.09. The highest BCUT2D eigenvalue weighted by Gasteiger charge is 2.38. The highest BCUT2D eigenvalue weighted by atomic mass is 31.1. The molecule has 0 amide bonds. The van der Waals surface area contributed by atoms with Crippen LogP contribution in [-0.2, 0) is 0 Å². The molecular weight excluding hydrogens is 318 g/mol. The Morgan fingerprint density at radius 2 is 1.04 bits per heavy atom. The van der Waals surface area contributed by atoms with Crippen LogP contribution in [0.2, 0.25) is 0 Å². The maximum absolute atomic E-state index is 2.44. The topological polar surface area (TPSA) is 0 Å². The van der Waals surface area contributed by atoms with E-state index in [4.69, 9.17) is 0 Å². The van der Waals surface area contributed by atoms with Gasteiger partial charge in [0.05, 0.1) is 0 Å². The summed E-state index contributed by atoms with van der Waals surface area (Å²) in [6.45, 7) is 11.7. The number of hydrogen-bond acceptors (Lipinski definition) is 0. The van der Waals surface area contributed by atoms with Crippen LogP contribution in [0.1, 0.15) is 34.6 Å². The molecule has 0 saturated carbocycles. The fourth-order valence-electron chi connectivity index (χ4n) is 3.77. The Morgan fingerprint density at radius 3 is 1.40 bits per heavy atom. The molecule has 25 heavy (non-hydrogen) atoms. The lowest BCUT2D eigenvalue weighted by atomic mass is 9.81. The summed E-state index contributed by atoms with van der Waals surface area (Å²) in [4.78, 5) is 0. The van der Waals surface area contributed by atoms with Crippen LogP contribution in [-0.4, -0.2) is 14.6 Å². The van der Waals surface area contributed by atoms with Crippen LogP contribution in [0.15, 0.2) is 83.0 Å². The molecule has 2 heteroatoms. The van der Waals surface area contributed by atoms with Crippen LogP contribution in [0.5, 0.6) is 0 Å². The Kier molecular flexibility index (Phi) is 6.12. The smallest absolute Gasteiger partial charge is 0.0143 e. The van der Waals surface area contributed by atoms with E-state index in [0.29, 0.717) is 0 Å². The van der Waals surface area contributed by atoms with Crippen molar-refractivity contribution >= 4 is 26.9 Å². The molecule has 0 fully saturated rings. The van der Waals surface area contributed by atoms with E-state index in [2.05, 4.69) is 95.3 Å². The van der Waals surface area contributed by atoms with Gasteiger partial charge in [0.2, 0.25) is 0 Å². The average molecular weight is 345 g/mol. The summed E-state index contributed by atoms with van der Waals surface area (Å²) in [6.07, 6.45) is 1.18. The molecule has 2 aromatic rings. The molecule has 0 aromatic heterocycles. The maximum atomic E-state index is 2.44. The first-order valence-electron chi connectivity index (χ1n) is 8.69. The molecule has 2 aromatic carbocycles. The maximum Gasteiger partial charge on any atom is 0.0143 e. The van der Waals surface area contributed by atoms with Gasteiger partial charge >= 0.3 is 0 Å². The summed E-state index contributed by atoms with van der Waals surface area (Å²) >= 11 is 0. The lowest BCUT2D eigenvalue weighted by molar-refractivity contribution is 0.556. The highest BCUT2D eigenvalue weighted by Crippen LogP contribution is 2.53. The van der Waals surface area contributed by atoms with E-state index in [9.17, 15) is 0 Å². The first kappa shape index (κ1) is 19.7. The van der Waals surface area contributed by atoms with Crippen molar-refractivity contribution in [2.45, 2.75) is 34.6 Å². The van der Waals surface area contributed by atoms with Crippen molar-refractivity contribution in [3.8, 4) is 0 Å². The van der Waals surface area contributed by atoms with Gasteiger partial charge in [-0.2, -0.15) is 0 Å². The van der Waals surface area contributed by atoms with Crippen molar-refractivity contribution in [1.29, 1.82) is 0 Å². The molecule has 1 aliphatic carbocycles. The minimum Gasteiger partial charge on any atom is -0.0622 e. The van der Waals surface area contributed by atoms with Gasteiger partial charge in [0.15, 0.2) is 0 Å². The number of allylic oxidation sites excluding steroid dienone is 4. The van der Waals surface area contributed by atoms with Crippen molar-refractivity contribution < 1.29 is 0 Å². The third-order valence-electron chi connectivity index (χ3n) is 5.95. The Bertz CT molecular complexity index is 724. The van der Waals surface area contributed by atoms with Crippen LogP contribution in [0.25, 0.3) is 0 Å². The van der Waals surface area contributed by atoms with Crippen molar-refractivity contribution in [1.82, 2.24) is 0 Å². The number of benzene rings is 2. The molecule has 3 radical (unpaired) electrons. The standard InChI is InChI=1S/C23H27P.B/c1-17-18(2)20(4)23(5,19(17)3)16-24(21-12-8-6-9-13-21)22-14-10-7-11-15-22;/h6-15H,16H2,1-5H3;. The first-order valence-corrected chi connectivity index (χ1v) is 10.2. The number of rotatable bonds is 4. The molecule has 0 saturated heterocycles. The van der Waals surface area contributed by atoms with Crippen LogP contribution < -0.4 is 10.6 Å². The molecule has 1 aliphatic rings. The van der Waals surface area contributed by atoms with Crippen molar-refractivity contribution in [3.63, 3.8) is 0 Å². The monoisotopic (exact) mass is 345 g/mol. The lowest BCUT2D eigenvalue weighted by Crippen LogP contribution is -2.27. The number of hydrogen-bond donors (Lipinski definition) is 0. The molecule has 0 bridgehead atoms. The van der Waals surface area contributed by atoms with E-state index in [-0.39, 0.29) is 21.7 Å². The van der Waals surface area contributed by atoms with Gasteiger partial charge in [-0.05, 0) is 63.5 Å². The molecule has 0 unspecified atom stereocenters. The molecule has 0 nitrogen and oxygen atoms in total. The van der Waals surface area contributed by atoms with Crippen LogP contribution in [0.4, 0.5) is 0 Å². The van der Waals surface area contributed by atoms with Gasteiger partial charge in [-0.1, -0.05) is 78.7 Å². The Morgan fingerprint density at radius 1 is 0.680 bits per heavy atom. The predicted molar refractivity (Wildman–Crippen MR) is 115 cm³/mol. The van der Waals surface area contributed by atoms with Crippen LogP contribution >= 0.6 is 7.92 Å². The first-order chi connectivity index (χ1) is 11.4. The van der Waals surface area contributed by atoms with Crippen molar-refractivity contribution in [2.75, 3.05) is 6.16 Å². The highest BCUT2D eigenvalue weighted by molar-refractivity contribution is 7.73. The van der Waals surface area contributed by atoms with Gasteiger partial charge in [-0.3, -0.25) is 0 Å². The SMILES string of the molecule is CC1=C(C)C(C)(CP(c2ccccc2)c2ccccc2)C(C)=C1C.[B]. The second kappa shape index (κ2) is 7.75. The van der Waals surface area contributed by atoms with Gasteiger partial charge in [0.25, 0.3) is 0 Å². The van der Waals surface area contributed by atoms with Crippen LogP contribution in [0.3, 0.4) is 0 Å². The normalized spacial score (nSPS) is 16.4. The van der Waals surface area contributed by atoms with Crippen LogP contribution in [0, 0.1) is 5.41 Å². The summed E-state index contributed by atoms with van der Waals surface area (Å²) in [7, 11) is -0.370. The Labute approximate surface area is 156 Å². The quantitative estimate of drug-likeness (QED) is 0.512. The second-order valence-corrected chi connectivity index (χ2v) is 9.29. The van der Waals surface area contributed by atoms with Gasteiger partial charge < -0.3 is 0 Å². The van der Waals surface area contributed by atoms with Crippen molar-refractivity contribution in [3.05, 3.63) is 83.0 Å². The Balaban J connectivity index is 0.00000225. The van der Waals surface area contributed by atoms with E-state index in [1.54, 1.807) is 11.1 Å². The fourth-order valence-corrected chi connectivity index (χ4v) is 6.61. The minimum absolute atomic E-state index is 0. The van der Waals surface area contributed by atoms with Gasteiger partial charge in [0.1, 0.15) is 0 Å². The lowest BCUT2D eigenvalue weighted by Gasteiger charge is -2.34. The zero-order valence-electron chi connectivity index (χ0n) is 16.0. The van der Waals surface area contributed by atoms with E-state index >= 15 is 0 Å². The van der Waals surface area contributed by atoms with Gasteiger partial charge in [-0.15, -0.1) is 0 Å². The van der Waals surface area contributed by atoms with E-state index in [1.807, 2.05) is 0 Å². The largest absolute Gasteiger partial charge is 0.0622 e. The molecule has 0 N–H and O–H groups in total. The zero-order chi connectivity index (χ0) is 17.3. The van der Waals surface area contributed by atoms with Gasteiger partial charge in [0, 0.05) is 13.8 Å². The summed E-state index contributed by atoms with van der Waals surface area (Å²) in [5.41, 5.74) is 6.26. The summed E-state index contributed by atoms with van der Waals surface area (Å²) in [5, 5.41) is 2.95. The minimum atomic E-state index is -0.370. The third kappa shape index (κ3) is 3.53. The molecular formula is C23H27BP. The van der Waals surface area contributed by atoms with E-state index < -0.39 is 0 Å². The molecule has 0 spiro atoms. The van der Waals surface area contributed by atoms with Crippen molar-refractivity contribution in [2.24, 2.45) is 5.41 Å². The zero-order valence-corrected chi connectivity index (χ0v) is 16.9. The average Bonchev–Trinajstić information content (AvgIpc) is 2.77. The fraction of sp³-hybridized carbons (Fsp3) is 0.304. The van der Waals surface area contributed by atoms with Gasteiger partial charge in [-0.25, -0.2) is 0 Å². The molecule has 0 atom stereocenters. The summed E-state index contributed by atoms with van der Waals surface area (Å²) < 4.78 is 0. The predicted octanol–water partition coefficient (Wildman–Crippen LogP) is 5.43. The molecule has 0 heterocycles. The summed E-state index contributed by atoms with van der Waals surface area (Å²) in [6, 6.07) is 22.1. The molecule has 127 valence electrons. The third-order valence-corrected chi connectivity index (χ3v) is 8.74.